The van der Waals surface area contributed by atoms with Crippen LogP contribution in [0.25, 0.3) is 5.69 Å². The molecule has 0 spiro atoms. The highest BCUT2D eigenvalue weighted by molar-refractivity contribution is 9.10. The summed E-state index contributed by atoms with van der Waals surface area (Å²) in [5, 5.41) is 3.87. The Labute approximate surface area is 189 Å². The number of carbonyl (C=O) groups is 1. The highest BCUT2D eigenvalue weighted by atomic mass is 79.9. The van der Waals surface area contributed by atoms with Crippen LogP contribution in [0.4, 0.5) is 0 Å². The number of benzene rings is 1. The van der Waals surface area contributed by atoms with E-state index in [1.807, 2.05) is 59.6 Å². The Morgan fingerprint density at radius 2 is 2.00 bits per heavy atom. The Balaban J connectivity index is 1.77. The predicted molar refractivity (Wildman–Crippen MR) is 122 cm³/mol. The lowest BCUT2D eigenvalue weighted by molar-refractivity contribution is -0.143. The molecule has 1 aliphatic heterocycles. The minimum absolute atomic E-state index is 0.0686. The average molecular weight is 485 g/mol. The van der Waals surface area contributed by atoms with Crippen LogP contribution in [0.1, 0.15) is 30.4 Å². The molecular formula is C22H21BrN4O2S. The fourth-order valence-corrected chi connectivity index (χ4v) is 4.28. The van der Waals surface area contributed by atoms with Gasteiger partial charge in [0.2, 0.25) is 0 Å². The van der Waals surface area contributed by atoms with Crippen molar-refractivity contribution < 1.29 is 9.53 Å². The number of nitrogens with one attached hydrogen (secondary N) is 1. The third kappa shape index (κ3) is 4.11. The molecule has 2 aromatic heterocycles. The van der Waals surface area contributed by atoms with Crippen molar-refractivity contribution in [3.8, 4) is 5.69 Å². The minimum atomic E-state index is -0.310. The van der Waals surface area contributed by atoms with E-state index in [1.54, 1.807) is 13.1 Å². The fraction of sp³-hybridized carbons (Fsp3) is 0.227. The Hall–Kier alpha value is -2.71. The van der Waals surface area contributed by atoms with Crippen LogP contribution in [0.3, 0.4) is 0 Å². The molecule has 6 nitrogen and oxygen atoms in total. The number of aromatic nitrogens is 2. The van der Waals surface area contributed by atoms with Crippen LogP contribution in [0.15, 0.2) is 71.5 Å². The largest absolute Gasteiger partial charge is 0.465 e. The molecule has 8 heteroatoms. The second-order valence-electron chi connectivity index (χ2n) is 6.84. The zero-order chi connectivity index (χ0) is 21.1. The van der Waals surface area contributed by atoms with Crippen molar-refractivity contribution >= 4 is 39.2 Å². The van der Waals surface area contributed by atoms with Crippen molar-refractivity contribution in [2.24, 2.45) is 0 Å². The van der Waals surface area contributed by atoms with E-state index in [9.17, 15) is 4.79 Å². The van der Waals surface area contributed by atoms with Crippen molar-refractivity contribution in [2.45, 2.75) is 19.0 Å². The van der Waals surface area contributed by atoms with Crippen molar-refractivity contribution in [1.82, 2.24) is 19.8 Å². The van der Waals surface area contributed by atoms with E-state index in [0.717, 1.165) is 21.5 Å². The van der Waals surface area contributed by atoms with Gasteiger partial charge in [0.25, 0.3) is 0 Å². The maximum Gasteiger partial charge on any atom is 0.325 e. The molecule has 0 radical (unpaired) electrons. The Morgan fingerprint density at radius 1 is 1.20 bits per heavy atom. The van der Waals surface area contributed by atoms with Gasteiger partial charge < -0.3 is 19.5 Å². The van der Waals surface area contributed by atoms with E-state index in [2.05, 4.69) is 36.9 Å². The number of hydrogen-bond donors (Lipinski definition) is 1. The van der Waals surface area contributed by atoms with Gasteiger partial charge in [-0.3, -0.25) is 9.78 Å². The first-order chi connectivity index (χ1) is 14.6. The van der Waals surface area contributed by atoms with Gasteiger partial charge in [0.15, 0.2) is 5.11 Å². The Bertz CT molecular complexity index is 1040. The summed E-state index contributed by atoms with van der Waals surface area (Å²) in [6, 6.07) is 17.5. The van der Waals surface area contributed by atoms with Crippen LogP contribution < -0.4 is 5.32 Å². The Morgan fingerprint density at radius 3 is 2.70 bits per heavy atom. The van der Waals surface area contributed by atoms with Gasteiger partial charge in [-0.05, 0) is 67.7 Å². The summed E-state index contributed by atoms with van der Waals surface area (Å²) in [6.45, 7) is 2.20. The van der Waals surface area contributed by atoms with Crippen LogP contribution in [0.2, 0.25) is 0 Å². The summed E-state index contributed by atoms with van der Waals surface area (Å²) in [4.78, 5) is 18.7. The molecule has 154 valence electrons. The van der Waals surface area contributed by atoms with E-state index >= 15 is 0 Å². The van der Waals surface area contributed by atoms with Crippen LogP contribution in [0, 0.1) is 0 Å². The van der Waals surface area contributed by atoms with E-state index in [-0.39, 0.29) is 24.6 Å². The van der Waals surface area contributed by atoms with Crippen LogP contribution in [-0.4, -0.2) is 38.7 Å². The third-order valence-corrected chi connectivity index (χ3v) is 5.87. The number of nitrogens with zero attached hydrogens (tertiary/aromatic N) is 3. The first kappa shape index (κ1) is 20.6. The van der Waals surface area contributed by atoms with Gasteiger partial charge in [0, 0.05) is 28.2 Å². The number of thiocarbonyl (C=S) groups is 1. The number of pyridine rings is 1. The number of ether oxygens (including phenoxy) is 1. The number of esters is 1. The summed E-state index contributed by atoms with van der Waals surface area (Å²) in [5.41, 5.74) is 2.89. The zero-order valence-corrected chi connectivity index (χ0v) is 18.8. The molecule has 3 aromatic rings. The zero-order valence-electron chi connectivity index (χ0n) is 16.4. The summed E-state index contributed by atoms with van der Waals surface area (Å²) in [5.74, 6) is -0.310. The van der Waals surface area contributed by atoms with Crippen LogP contribution in [0.5, 0.6) is 0 Å². The highest BCUT2D eigenvalue weighted by Gasteiger charge is 2.42. The lowest BCUT2D eigenvalue weighted by atomic mass is 10.0. The third-order valence-electron chi connectivity index (χ3n) is 4.99. The quantitative estimate of drug-likeness (QED) is 0.418. The summed E-state index contributed by atoms with van der Waals surface area (Å²) in [7, 11) is 0. The van der Waals surface area contributed by atoms with Crippen molar-refractivity contribution in [3.63, 3.8) is 0 Å². The molecule has 1 saturated heterocycles. The number of carbonyl (C=O) groups excluding carboxylic acids is 1. The summed E-state index contributed by atoms with van der Waals surface area (Å²) >= 11 is 9.10. The van der Waals surface area contributed by atoms with Crippen molar-refractivity contribution in [1.29, 1.82) is 0 Å². The van der Waals surface area contributed by atoms with Gasteiger partial charge >= 0.3 is 5.97 Å². The average Bonchev–Trinajstić information content (AvgIpc) is 3.34. The number of rotatable bonds is 6. The molecule has 1 N–H and O–H groups in total. The van der Waals surface area contributed by atoms with Gasteiger partial charge in [-0.25, -0.2) is 0 Å². The SMILES string of the molecule is CCOC(=O)CN1C(=S)N[C@H](c2ccccn2)[C@H]1c1cccn1-c1ccc(Br)cc1. The Kier molecular flexibility index (Phi) is 6.15. The summed E-state index contributed by atoms with van der Waals surface area (Å²) in [6.07, 6.45) is 3.77. The predicted octanol–water partition coefficient (Wildman–Crippen LogP) is 4.17. The molecule has 4 rings (SSSR count). The lowest BCUT2D eigenvalue weighted by Gasteiger charge is -2.28. The van der Waals surface area contributed by atoms with Gasteiger partial charge in [-0.1, -0.05) is 22.0 Å². The van der Waals surface area contributed by atoms with Crippen LogP contribution in [-0.2, 0) is 9.53 Å². The molecule has 2 atom stereocenters. The second kappa shape index (κ2) is 8.97. The van der Waals surface area contributed by atoms with E-state index in [0.29, 0.717) is 11.7 Å². The summed E-state index contributed by atoms with van der Waals surface area (Å²) < 4.78 is 8.32. The lowest BCUT2D eigenvalue weighted by Crippen LogP contribution is -2.36. The first-order valence-electron chi connectivity index (χ1n) is 9.65. The highest BCUT2D eigenvalue weighted by Crippen LogP contribution is 2.39. The normalized spacial score (nSPS) is 18.3. The molecule has 0 unspecified atom stereocenters. The van der Waals surface area contributed by atoms with Gasteiger partial charge in [0.05, 0.1) is 24.4 Å². The van der Waals surface area contributed by atoms with Crippen molar-refractivity contribution in [3.05, 3.63) is 82.9 Å². The minimum Gasteiger partial charge on any atom is -0.465 e. The standard InChI is InChI=1S/C22H21BrN4O2S/c1-2-29-19(28)14-27-21(20(25-22(27)30)17-6-3-4-12-24-17)18-7-5-13-26(18)16-10-8-15(23)9-11-16/h3-13,20-21H,2,14H2,1H3,(H,25,30)/t20-,21-/m1/s1. The number of halogens is 1. The van der Waals surface area contributed by atoms with Gasteiger partial charge in [-0.2, -0.15) is 0 Å². The van der Waals surface area contributed by atoms with Crippen molar-refractivity contribution in [2.75, 3.05) is 13.2 Å². The smallest absolute Gasteiger partial charge is 0.325 e. The molecule has 1 fully saturated rings. The molecule has 0 saturated carbocycles. The maximum absolute atomic E-state index is 12.3. The van der Waals surface area contributed by atoms with E-state index in [4.69, 9.17) is 17.0 Å². The molecule has 3 heterocycles. The monoisotopic (exact) mass is 484 g/mol. The van der Waals surface area contributed by atoms with E-state index < -0.39 is 0 Å². The maximum atomic E-state index is 12.3. The fourth-order valence-electron chi connectivity index (χ4n) is 3.72. The molecule has 0 aliphatic carbocycles. The van der Waals surface area contributed by atoms with Crippen LogP contribution >= 0.6 is 28.1 Å². The molecule has 30 heavy (non-hydrogen) atoms. The van der Waals surface area contributed by atoms with Gasteiger partial charge in [-0.15, -0.1) is 0 Å². The molecule has 1 aliphatic rings. The molecule has 1 aromatic carbocycles. The van der Waals surface area contributed by atoms with Gasteiger partial charge in [0.1, 0.15) is 6.54 Å². The molecule has 0 amide bonds. The second-order valence-corrected chi connectivity index (χ2v) is 8.14. The molecule has 0 bridgehead atoms. The van der Waals surface area contributed by atoms with E-state index in [1.165, 1.54) is 0 Å². The first-order valence-corrected chi connectivity index (χ1v) is 10.9. The topological polar surface area (TPSA) is 59.4 Å². The molecular weight excluding hydrogens is 464 g/mol. The number of hydrogen-bond acceptors (Lipinski definition) is 4.